The van der Waals surface area contributed by atoms with Gasteiger partial charge in [0.2, 0.25) is 0 Å². The molecule has 0 aliphatic rings. The summed E-state index contributed by atoms with van der Waals surface area (Å²) in [5.74, 6) is 0. The predicted molar refractivity (Wildman–Crippen MR) is 104 cm³/mol. The van der Waals surface area contributed by atoms with Crippen LogP contribution in [0.2, 0.25) is 0 Å². The molecule has 0 aliphatic heterocycles. The number of aryl methyl sites for hydroxylation is 1. The minimum absolute atomic E-state index is 0.852. The lowest BCUT2D eigenvalue weighted by atomic mass is 10.1. The number of halogens is 3. The Morgan fingerprint density at radius 2 is 1.65 bits per heavy atom. The van der Waals surface area contributed by atoms with Gasteiger partial charge in [-0.05, 0) is 63.0 Å². The number of fused-ring (bicyclic) bond motifs is 2. The molecule has 2 aromatic heterocycles. The zero-order valence-electron chi connectivity index (χ0n) is 12.0. The zero-order valence-corrected chi connectivity index (χ0v) is 16.8. The molecule has 0 bridgehead atoms. The molecule has 2 aromatic carbocycles. The van der Waals surface area contributed by atoms with E-state index in [1.807, 2.05) is 41.9 Å². The highest BCUT2D eigenvalue weighted by Gasteiger charge is 2.16. The maximum atomic E-state index is 4.83. The van der Waals surface area contributed by atoms with Gasteiger partial charge in [-0.3, -0.25) is 0 Å². The fraction of sp³-hybridized carbons (Fsp3) is 0.0588. The van der Waals surface area contributed by atoms with Gasteiger partial charge in [0, 0.05) is 24.2 Å². The molecule has 4 aromatic rings. The second-order valence-electron chi connectivity index (χ2n) is 5.27. The summed E-state index contributed by atoms with van der Waals surface area (Å²) in [6, 6.07) is 14.3. The molecule has 23 heavy (non-hydrogen) atoms. The minimum atomic E-state index is 0.852. The van der Waals surface area contributed by atoms with Gasteiger partial charge in [0.1, 0.15) is 0 Å². The first kappa shape index (κ1) is 15.3. The van der Waals surface area contributed by atoms with E-state index in [9.17, 15) is 0 Å². The summed E-state index contributed by atoms with van der Waals surface area (Å²) >= 11 is 10.8. The molecule has 6 heteroatoms. The maximum absolute atomic E-state index is 4.83. The first-order chi connectivity index (χ1) is 11.0. The Bertz CT molecular complexity index is 1050. The summed E-state index contributed by atoms with van der Waals surface area (Å²) in [5.41, 5.74) is 3.71. The van der Waals surface area contributed by atoms with Gasteiger partial charge < -0.3 is 0 Å². The number of hydrogen-bond acceptors (Lipinski definition) is 2. The summed E-state index contributed by atoms with van der Waals surface area (Å²) in [5, 5.41) is 6.90. The van der Waals surface area contributed by atoms with Crippen molar-refractivity contribution >= 4 is 69.7 Å². The third kappa shape index (κ3) is 2.53. The van der Waals surface area contributed by atoms with Crippen molar-refractivity contribution in [2.24, 2.45) is 0 Å². The third-order valence-electron chi connectivity index (χ3n) is 3.74. The van der Waals surface area contributed by atoms with Crippen molar-refractivity contribution in [2.75, 3.05) is 0 Å². The molecule has 0 saturated carbocycles. The van der Waals surface area contributed by atoms with Gasteiger partial charge in [0.25, 0.3) is 0 Å². The van der Waals surface area contributed by atoms with Crippen LogP contribution in [0.25, 0.3) is 27.6 Å². The molecular weight excluding hydrogens is 486 g/mol. The lowest BCUT2D eigenvalue weighted by Gasteiger charge is -2.09. The van der Waals surface area contributed by atoms with Crippen LogP contribution in [0, 0.1) is 6.92 Å². The number of para-hydroxylation sites is 1. The lowest BCUT2D eigenvalue weighted by molar-refractivity contribution is 0.871. The average Bonchev–Trinajstić information content (AvgIpc) is 2.81. The fourth-order valence-corrected chi connectivity index (χ4v) is 5.27. The normalized spacial score (nSPS) is 11.5. The van der Waals surface area contributed by atoms with Gasteiger partial charge in [-0.25, -0.2) is 9.67 Å². The molecule has 0 radical (unpaired) electrons. The van der Waals surface area contributed by atoms with Crippen LogP contribution in [-0.2, 0) is 0 Å². The van der Waals surface area contributed by atoms with Gasteiger partial charge in [0.15, 0.2) is 5.65 Å². The summed E-state index contributed by atoms with van der Waals surface area (Å²) in [7, 11) is 0. The molecule has 0 aliphatic carbocycles. The molecular formula is C17H10Br3N3. The van der Waals surface area contributed by atoms with E-state index in [-0.39, 0.29) is 0 Å². The van der Waals surface area contributed by atoms with Crippen LogP contribution < -0.4 is 0 Å². The number of nitrogens with zero attached hydrogens (tertiary/aromatic N) is 3. The quantitative estimate of drug-likeness (QED) is 0.316. The highest BCUT2D eigenvalue weighted by molar-refractivity contribution is 9.11. The van der Waals surface area contributed by atoms with E-state index in [0.29, 0.717) is 0 Å². The Kier molecular flexibility index (Phi) is 3.78. The Morgan fingerprint density at radius 3 is 2.39 bits per heavy atom. The van der Waals surface area contributed by atoms with Crippen molar-refractivity contribution in [2.45, 2.75) is 6.92 Å². The first-order valence-corrected chi connectivity index (χ1v) is 9.32. The second kappa shape index (κ2) is 5.69. The van der Waals surface area contributed by atoms with Crippen molar-refractivity contribution in [1.29, 1.82) is 0 Å². The molecule has 0 fully saturated rings. The van der Waals surface area contributed by atoms with Crippen molar-refractivity contribution in [3.05, 3.63) is 61.6 Å². The standard InChI is InChI=1S/C17H10Br3N3/c1-9-12-6-10-4-2-3-5-15(10)21-17(12)23(22-9)16-13(19)7-11(18)8-14(16)20/h2-8H,1H3. The van der Waals surface area contributed by atoms with Gasteiger partial charge in [-0.1, -0.05) is 34.1 Å². The van der Waals surface area contributed by atoms with Crippen LogP contribution in [0.4, 0.5) is 0 Å². The van der Waals surface area contributed by atoms with E-state index >= 15 is 0 Å². The smallest absolute Gasteiger partial charge is 0.163 e. The molecule has 0 amide bonds. The molecule has 3 nitrogen and oxygen atoms in total. The number of aromatic nitrogens is 3. The zero-order chi connectivity index (χ0) is 16.1. The van der Waals surface area contributed by atoms with E-state index in [2.05, 4.69) is 59.9 Å². The number of benzene rings is 2. The van der Waals surface area contributed by atoms with Crippen molar-refractivity contribution in [3.8, 4) is 5.69 Å². The summed E-state index contributed by atoms with van der Waals surface area (Å²) < 4.78 is 4.76. The Labute approximate surface area is 158 Å². The SMILES string of the molecule is Cc1nn(-c2c(Br)cc(Br)cc2Br)c2nc3ccccc3cc12. The number of rotatable bonds is 1. The van der Waals surface area contributed by atoms with E-state index < -0.39 is 0 Å². The molecule has 0 spiro atoms. The van der Waals surface area contributed by atoms with Crippen LogP contribution in [0.1, 0.15) is 5.69 Å². The van der Waals surface area contributed by atoms with Crippen molar-refractivity contribution in [1.82, 2.24) is 14.8 Å². The topological polar surface area (TPSA) is 30.7 Å². The summed E-state index contributed by atoms with van der Waals surface area (Å²) in [4.78, 5) is 4.83. The Hall–Kier alpha value is -1.24. The monoisotopic (exact) mass is 493 g/mol. The lowest BCUT2D eigenvalue weighted by Crippen LogP contribution is -2.00. The van der Waals surface area contributed by atoms with E-state index in [0.717, 1.165) is 46.7 Å². The molecule has 0 N–H and O–H groups in total. The van der Waals surface area contributed by atoms with Gasteiger partial charge >= 0.3 is 0 Å². The molecule has 0 atom stereocenters. The van der Waals surface area contributed by atoms with Crippen molar-refractivity contribution < 1.29 is 0 Å². The van der Waals surface area contributed by atoms with E-state index in [4.69, 9.17) is 10.1 Å². The average molecular weight is 496 g/mol. The van der Waals surface area contributed by atoms with Gasteiger partial charge in [-0.15, -0.1) is 0 Å². The van der Waals surface area contributed by atoms with Gasteiger partial charge in [0.05, 0.1) is 16.9 Å². The highest BCUT2D eigenvalue weighted by Crippen LogP contribution is 2.35. The summed E-state index contributed by atoms with van der Waals surface area (Å²) in [6.07, 6.45) is 0. The summed E-state index contributed by atoms with van der Waals surface area (Å²) in [6.45, 7) is 2.01. The predicted octanol–water partition coefficient (Wildman–Crippen LogP) is 6.17. The minimum Gasteiger partial charge on any atom is -0.228 e. The van der Waals surface area contributed by atoms with Crippen LogP contribution in [0.5, 0.6) is 0 Å². The van der Waals surface area contributed by atoms with E-state index in [1.165, 1.54) is 0 Å². The number of pyridine rings is 1. The molecule has 4 rings (SSSR count). The van der Waals surface area contributed by atoms with Crippen LogP contribution >= 0.6 is 47.8 Å². The first-order valence-electron chi connectivity index (χ1n) is 6.94. The maximum Gasteiger partial charge on any atom is 0.163 e. The molecule has 114 valence electrons. The highest BCUT2D eigenvalue weighted by atomic mass is 79.9. The largest absolute Gasteiger partial charge is 0.228 e. The molecule has 0 saturated heterocycles. The molecule has 2 heterocycles. The number of hydrogen-bond donors (Lipinski definition) is 0. The van der Waals surface area contributed by atoms with E-state index in [1.54, 1.807) is 0 Å². The Balaban J connectivity index is 2.11. The fourth-order valence-electron chi connectivity index (χ4n) is 2.68. The van der Waals surface area contributed by atoms with Crippen LogP contribution in [0.15, 0.2) is 55.9 Å². The second-order valence-corrected chi connectivity index (χ2v) is 7.89. The van der Waals surface area contributed by atoms with Crippen molar-refractivity contribution in [3.63, 3.8) is 0 Å². The van der Waals surface area contributed by atoms with Crippen LogP contribution in [-0.4, -0.2) is 14.8 Å². The van der Waals surface area contributed by atoms with Gasteiger partial charge in [-0.2, -0.15) is 5.10 Å². The van der Waals surface area contributed by atoms with Crippen LogP contribution in [0.3, 0.4) is 0 Å². The Morgan fingerprint density at radius 1 is 0.957 bits per heavy atom. The third-order valence-corrected chi connectivity index (χ3v) is 5.40. The molecule has 0 unspecified atom stereocenters.